The van der Waals surface area contributed by atoms with E-state index in [1.165, 1.54) is 0 Å². The Balaban J connectivity index is 2.16. The van der Waals surface area contributed by atoms with Crippen molar-refractivity contribution in [2.45, 2.75) is 18.5 Å². The average molecular weight is 255 g/mol. The van der Waals surface area contributed by atoms with Crippen molar-refractivity contribution in [1.29, 1.82) is 0 Å². The Hall–Kier alpha value is -0.200. The zero-order valence-corrected chi connectivity index (χ0v) is 9.81. The van der Waals surface area contributed by atoms with E-state index in [0.717, 1.165) is 4.88 Å². The molecule has 1 aromatic rings. The highest BCUT2D eigenvalue weighted by Crippen LogP contribution is 2.29. The van der Waals surface area contributed by atoms with Gasteiger partial charge in [0, 0.05) is 23.2 Å². The molecule has 1 N–H and O–H groups in total. The van der Waals surface area contributed by atoms with Gasteiger partial charge in [-0.05, 0) is 30.1 Å². The van der Waals surface area contributed by atoms with Crippen molar-refractivity contribution in [2.24, 2.45) is 0 Å². The lowest BCUT2D eigenvalue weighted by Gasteiger charge is -2.12. The zero-order valence-electron chi connectivity index (χ0n) is 8.17. The van der Waals surface area contributed by atoms with Crippen LogP contribution in [0.2, 0.25) is 0 Å². The number of halogens is 3. The molecule has 1 atom stereocenters. The van der Waals surface area contributed by atoms with Crippen LogP contribution >= 0.6 is 23.1 Å². The molecule has 6 heteroatoms. The molecule has 1 aromatic heterocycles. The molecule has 0 aliphatic carbocycles. The average Bonchev–Trinajstić information content (AvgIpc) is 2.63. The molecule has 0 radical (unpaired) electrons. The monoisotopic (exact) mass is 255 g/mol. The van der Waals surface area contributed by atoms with E-state index >= 15 is 0 Å². The van der Waals surface area contributed by atoms with Crippen LogP contribution in [-0.4, -0.2) is 17.8 Å². The summed E-state index contributed by atoms with van der Waals surface area (Å²) in [6, 6.07) is 4.03. The van der Waals surface area contributed by atoms with Gasteiger partial charge in [-0.1, -0.05) is 6.07 Å². The van der Waals surface area contributed by atoms with Crippen LogP contribution < -0.4 is 5.32 Å². The Morgan fingerprint density at radius 3 is 2.80 bits per heavy atom. The number of hydrogen-bond acceptors (Lipinski definition) is 3. The third-order valence-corrected chi connectivity index (χ3v) is 3.58. The minimum absolute atomic E-state index is 0.0137. The van der Waals surface area contributed by atoms with Crippen LogP contribution in [0.1, 0.15) is 17.8 Å². The molecule has 1 rings (SSSR count). The van der Waals surface area contributed by atoms with E-state index in [1.54, 1.807) is 11.3 Å². The van der Waals surface area contributed by atoms with E-state index in [-0.39, 0.29) is 23.6 Å². The van der Waals surface area contributed by atoms with Crippen LogP contribution in [0.3, 0.4) is 0 Å². The molecule has 86 valence electrons. The summed E-state index contributed by atoms with van der Waals surface area (Å²) < 4.78 is 35.4. The van der Waals surface area contributed by atoms with Gasteiger partial charge in [0.1, 0.15) is 0 Å². The number of thiophene rings is 1. The van der Waals surface area contributed by atoms with Crippen molar-refractivity contribution >= 4 is 23.1 Å². The molecule has 15 heavy (non-hydrogen) atoms. The zero-order chi connectivity index (χ0) is 11.3. The maximum absolute atomic E-state index is 11.8. The third-order valence-electron chi connectivity index (χ3n) is 1.79. The van der Waals surface area contributed by atoms with Crippen molar-refractivity contribution in [3.8, 4) is 0 Å². The third kappa shape index (κ3) is 5.44. The number of nitrogens with one attached hydrogen (secondary N) is 1. The summed E-state index contributed by atoms with van der Waals surface area (Å²) in [5.41, 5.74) is -4.12. The first-order valence-corrected chi connectivity index (χ1v) is 6.33. The van der Waals surface area contributed by atoms with Gasteiger partial charge in [0.05, 0.1) is 0 Å². The highest BCUT2D eigenvalue weighted by atomic mass is 32.2. The number of alkyl halides is 3. The smallest absolute Gasteiger partial charge is 0.309 e. The van der Waals surface area contributed by atoms with Gasteiger partial charge in [-0.2, -0.15) is 13.2 Å². The summed E-state index contributed by atoms with van der Waals surface area (Å²) in [5, 5.41) is 5.00. The maximum atomic E-state index is 11.8. The van der Waals surface area contributed by atoms with E-state index in [2.05, 4.69) is 5.32 Å². The summed E-state index contributed by atoms with van der Waals surface area (Å²) >= 11 is 1.62. The minimum atomic E-state index is -4.12. The summed E-state index contributed by atoms with van der Waals surface area (Å²) in [5.74, 6) is 0.0548. The summed E-state index contributed by atoms with van der Waals surface area (Å²) in [6.07, 6.45) is 0. The number of rotatable bonds is 5. The Morgan fingerprint density at radius 2 is 2.27 bits per heavy atom. The fraction of sp³-hybridized carbons (Fsp3) is 0.556. The topological polar surface area (TPSA) is 12.0 Å². The van der Waals surface area contributed by atoms with Crippen LogP contribution in [0.25, 0.3) is 0 Å². The largest absolute Gasteiger partial charge is 0.441 e. The predicted molar refractivity (Wildman–Crippen MR) is 59.2 cm³/mol. The van der Waals surface area contributed by atoms with Gasteiger partial charge in [0.15, 0.2) is 0 Å². The van der Waals surface area contributed by atoms with Gasteiger partial charge >= 0.3 is 5.51 Å². The Labute approximate surface area is 95.1 Å². The molecule has 0 spiro atoms. The molecule has 0 saturated heterocycles. The molecule has 0 fully saturated rings. The Morgan fingerprint density at radius 1 is 1.53 bits per heavy atom. The second-order valence-electron chi connectivity index (χ2n) is 2.99. The molecule has 0 unspecified atom stereocenters. The second-order valence-corrected chi connectivity index (χ2v) is 5.12. The molecule has 1 nitrogen and oxygen atoms in total. The van der Waals surface area contributed by atoms with Crippen LogP contribution in [0.4, 0.5) is 13.2 Å². The molecule has 0 aromatic carbocycles. The molecule has 1 heterocycles. The fourth-order valence-corrected chi connectivity index (χ4v) is 2.29. The quantitative estimate of drug-likeness (QED) is 0.806. The molecule has 0 saturated carbocycles. The molecular weight excluding hydrogens is 243 g/mol. The molecule has 0 aliphatic rings. The van der Waals surface area contributed by atoms with Crippen LogP contribution in [0.15, 0.2) is 17.5 Å². The van der Waals surface area contributed by atoms with Crippen molar-refractivity contribution < 1.29 is 13.2 Å². The highest BCUT2D eigenvalue weighted by molar-refractivity contribution is 8.00. The lowest BCUT2D eigenvalue weighted by Crippen LogP contribution is -2.21. The first-order valence-electron chi connectivity index (χ1n) is 4.46. The van der Waals surface area contributed by atoms with Crippen LogP contribution in [-0.2, 0) is 0 Å². The highest BCUT2D eigenvalue weighted by Gasteiger charge is 2.27. The second kappa shape index (κ2) is 5.77. The van der Waals surface area contributed by atoms with Crippen molar-refractivity contribution in [3.05, 3.63) is 22.4 Å². The van der Waals surface area contributed by atoms with Crippen LogP contribution in [0, 0.1) is 0 Å². The summed E-state index contributed by atoms with van der Waals surface area (Å²) in [7, 11) is 0. The van der Waals surface area contributed by atoms with Crippen molar-refractivity contribution in [2.75, 3.05) is 12.3 Å². The number of thioether (sulfide) groups is 1. The van der Waals surface area contributed by atoms with Crippen molar-refractivity contribution in [1.82, 2.24) is 5.32 Å². The Kier molecular flexibility index (Phi) is 4.95. The van der Waals surface area contributed by atoms with Crippen LogP contribution in [0.5, 0.6) is 0 Å². The van der Waals surface area contributed by atoms with E-state index in [4.69, 9.17) is 0 Å². The lowest BCUT2D eigenvalue weighted by molar-refractivity contribution is -0.0327. The predicted octanol–water partition coefficient (Wildman–Crippen LogP) is 3.65. The van der Waals surface area contributed by atoms with E-state index < -0.39 is 5.51 Å². The fourth-order valence-electron chi connectivity index (χ4n) is 1.08. The van der Waals surface area contributed by atoms with E-state index in [0.29, 0.717) is 6.54 Å². The van der Waals surface area contributed by atoms with Gasteiger partial charge in [-0.25, -0.2) is 0 Å². The van der Waals surface area contributed by atoms with Gasteiger partial charge in [0.25, 0.3) is 0 Å². The van der Waals surface area contributed by atoms with Gasteiger partial charge in [0.2, 0.25) is 0 Å². The molecule has 0 bridgehead atoms. The Bertz CT molecular complexity index is 271. The molecule has 0 amide bonds. The van der Waals surface area contributed by atoms with Crippen molar-refractivity contribution in [3.63, 3.8) is 0 Å². The van der Waals surface area contributed by atoms with Gasteiger partial charge in [-0.15, -0.1) is 11.3 Å². The normalized spacial score (nSPS) is 14.1. The standard InChI is InChI=1S/C9H12F3NS2/c1-7(8-3-2-5-14-8)13-4-6-15-9(10,11)12/h2-3,5,7,13H,4,6H2,1H3/t7-/m0/s1. The summed E-state index contributed by atoms with van der Waals surface area (Å²) in [4.78, 5) is 1.15. The first-order chi connectivity index (χ1) is 6.99. The number of hydrogen-bond donors (Lipinski definition) is 1. The van der Waals surface area contributed by atoms with E-state index in [1.807, 2.05) is 24.4 Å². The van der Waals surface area contributed by atoms with Gasteiger partial charge < -0.3 is 5.32 Å². The molecule has 0 aliphatic heterocycles. The minimum Gasteiger partial charge on any atom is -0.309 e. The summed E-state index contributed by atoms with van der Waals surface area (Å²) in [6.45, 7) is 2.31. The maximum Gasteiger partial charge on any atom is 0.441 e. The lowest BCUT2D eigenvalue weighted by atomic mass is 10.3. The molecular formula is C9H12F3NS2. The SMILES string of the molecule is C[C@H](NCCSC(F)(F)F)c1cccs1. The first kappa shape index (κ1) is 12.9. The van der Waals surface area contributed by atoms with Gasteiger partial charge in [-0.3, -0.25) is 0 Å². The van der Waals surface area contributed by atoms with E-state index in [9.17, 15) is 13.2 Å².